The fraction of sp³-hybridized carbons (Fsp3) is 0.588. The number of carbonyl (C=O) groups excluding carboxylic acids is 2. The first-order valence-corrected chi connectivity index (χ1v) is 8.02. The molecule has 0 N–H and O–H groups in total. The minimum absolute atomic E-state index is 0.324. The van der Waals surface area contributed by atoms with E-state index in [1.807, 2.05) is 37.8 Å². The molecule has 7 nitrogen and oxygen atoms in total. The number of hydrogen-bond acceptors (Lipinski definition) is 6. The molecule has 1 aromatic heterocycles. The summed E-state index contributed by atoms with van der Waals surface area (Å²) in [5.41, 5.74) is 0.131. The van der Waals surface area contributed by atoms with E-state index in [1.54, 1.807) is 17.2 Å². The van der Waals surface area contributed by atoms with Gasteiger partial charge in [-0.15, -0.1) is 0 Å². The Morgan fingerprint density at radius 2 is 1.83 bits per heavy atom. The average molecular weight is 335 g/mol. The number of amides is 1. The van der Waals surface area contributed by atoms with Crippen molar-refractivity contribution in [3.8, 4) is 0 Å². The van der Waals surface area contributed by atoms with E-state index in [0.717, 1.165) is 0 Å². The number of hydrogen-bond donors (Lipinski definition) is 0. The van der Waals surface area contributed by atoms with Gasteiger partial charge in [-0.2, -0.15) is 0 Å². The number of rotatable bonds is 3. The highest BCUT2D eigenvalue weighted by Gasteiger charge is 2.34. The highest BCUT2D eigenvalue weighted by Crippen LogP contribution is 2.22. The molecule has 0 radical (unpaired) electrons. The Morgan fingerprint density at radius 3 is 2.33 bits per heavy atom. The standard InChI is InChI=1S/C17H25N3O4/c1-17(2,3)24-16(22)20-11-9-19(10-12-20)14(15(21)23-4)13-7-5-6-8-18-13/h5-8,14H,9-12H2,1-4H3/t14-/m0/s1. The lowest BCUT2D eigenvalue weighted by atomic mass is 10.1. The number of carbonyl (C=O) groups is 2. The molecule has 132 valence electrons. The second-order valence-corrected chi connectivity index (χ2v) is 6.68. The minimum Gasteiger partial charge on any atom is -0.468 e. The van der Waals surface area contributed by atoms with Crippen LogP contribution in [0.1, 0.15) is 32.5 Å². The lowest BCUT2D eigenvalue weighted by molar-refractivity contribution is -0.148. The van der Waals surface area contributed by atoms with Crippen LogP contribution in [0.3, 0.4) is 0 Å². The third-order valence-corrected chi connectivity index (χ3v) is 3.72. The predicted molar refractivity (Wildman–Crippen MR) is 88.4 cm³/mol. The summed E-state index contributed by atoms with van der Waals surface area (Å²) in [6.45, 7) is 7.62. The molecular weight excluding hydrogens is 310 g/mol. The van der Waals surface area contributed by atoms with Gasteiger partial charge in [0.1, 0.15) is 5.60 Å². The number of piperazine rings is 1. The molecule has 1 saturated heterocycles. The minimum atomic E-state index is -0.558. The molecule has 0 aliphatic carbocycles. The van der Waals surface area contributed by atoms with Crippen LogP contribution in [0.25, 0.3) is 0 Å². The smallest absolute Gasteiger partial charge is 0.410 e. The monoisotopic (exact) mass is 335 g/mol. The summed E-state index contributed by atoms with van der Waals surface area (Å²) in [4.78, 5) is 32.3. The molecule has 0 spiro atoms. The third kappa shape index (κ3) is 4.67. The molecule has 1 amide bonds. The Morgan fingerprint density at radius 1 is 1.17 bits per heavy atom. The molecule has 0 bridgehead atoms. The third-order valence-electron chi connectivity index (χ3n) is 3.72. The van der Waals surface area contributed by atoms with Crippen molar-refractivity contribution in [2.45, 2.75) is 32.4 Å². The lowest BCUT2D eigenvalue weighted by Crippen LogP contribution is -2.52. The van der Waals surface area contributed by atoms with Crippen LogP contribution in [0.5, 0.6) is 0 Å². The van der Waals surface area contributed by atoms with Crippen molar-refractivity contribution < 1.29 is 19.1 Å². The summed E-state index contributed by atoms with van der Waals surface area (Å²) in [6, 6.07) is 4.90. The van der Waals surface area contributed by atoms with E-state index in [-0.39, 0.29) is 12.1 Å². The molecule has 0 saturated carbocycles. The van der Waals surface area contributed by atoms with Crippen molar-refractivity contribution in [3.63, 3.8) is 0 Å². The summed E-state index contributed by atoms with van der Waals surface area (Å²) in [7, 11) is 1.37. The normalized spacial score (nSPS) is 17.2. The van der Waals surface area contributed by atoms with Gasteiger partial charge in [-0.25, -0.2) is 9.59 Å². The van der Waals surface area contributed by atoms with Crippen LogP contribution < -0.4 is 0 Å². The van der Waals surface area contributed by atoms with E-state index < -0.39 is 11.6 Å². The van der Waals surface area contributed by atoms with E-state index in [0.29, 0.717) is 31.9 Å². The van der Waals surface area contributed by atoms with Crippen LogP contribution in [0.4, 0.5) is 4.79 Å². The first-order chi connectivity index (χ1) is 11.3. The van der Waals surface area contributed by atoms with Crippen molar-refractivity contribution in [2.24, 2.45) is 0 Å². The van der Waals surface area contributed by atoms with Gasteiger partial charge in [-0.3, -0.25) is 9.88 Å². The van der Waals surface area contributed by atoms with Gasteiger partial charge >= 0.3 is 12.1 Å². The van der Waals surface area contributed by atoms with Gasteiger partial charge in [-0.1, -0.05) is 6.07 Å². The van der Waals surface area contributed by atoms with Crippen molar-refractivity contribution >= 4 is 12.1 Å². The van der Waals surface area contributed by atoms with Gasteiger partial charge in [0.25, 0.3) is 0 Å². The maximum Gasteiger partial charge on any atom is 0.410 e. The Hall–Kier alpha value is -2.15. The van der Waals surface area contributed by atoms with E-state index in [1.165, 1.54) is 7.11 Å². The molecule has 1 aliphatic heterocycles. The molecule has 0 aromatic carbocycles. The number of ether oxygens (including phenoxy) is 2. The largest absolute Gasteiger partial charge is 0.468 e. The molecule has 1 aromatic rings. The maximum absolute atomic E-state index is 12.2. The maximum atomic E-state index is 12.2. The molecule has 1 aliphatic rings. The number of pyridine rings is 1. The second-order valence-electron chi connectivity index (χ2n) is 6.68. The molecule has 2 heterocycles. The molecule has 24 heavy (non-hydrogen) atoms. The molecule has 1 atom stereocenters. The zero-order valence-electron chi connectivity index (χ0n) is 14.7. The highest BCUT2D eigenvalue weighted by molar-refractivity contribution is 5.77. The van der Waals surface area contributed by atoms with Gasteiger partial charge in [0.05, 0.1) is 12.8 Å². The van der Waals surface area contributed by atoms with Gasteiger partial charge < -0.3 is 14.4 Å². The highest BCUT2D eigenvalue weighted by atomic mass is 16.6. The van der Waals surface area contributed by atoms with E-state index in [4.69, 9.17) is 9.47 Å². The van der Waals surface area contributed by atoms with Crippen molar-refractivity contribution in [3.05, 3.63) is 30.1 Å². The van der Waals surface area contributed by atoms with Crippen molar-refractivity contribution in [1.82, 2.24) is 14.8 Å². The molecule has 2 rings (SSSR count). The molecular formula is C17H25N3O4. The van der Waals surface area contributed by atoms with Crippen LogP contribution in [0, 0.1) is 0 Å². The molecule has 0 unspecified atom stereocenters. The molecule has 7 heteroatoms. The van der Waals surface area contributed by atoms with E-state index in [2.05, 4.69) is 4.98 Å². The SMILES string of the molecule is COC(=O)[C@H](c1ccccn1)N1CCN(C(=O)OC(C)(C)C)CC1. The summed E-state index contributed by atoms with van der Waals surface area (Å²) in [5, 5.41) is 0. The Kier molecular flexibility index (Phi) is 5.77. The Labute approximate surface area is 142 Å². The van der Waals surface area contributed by atoms with Crippen molar-refractivity contribution in [2.75, 3.05) is 33.3 Å². The lowest BCUT2D eigenvalue weighted by Gasteiger charge is -2.38. The fourth-order valence-electron chi connectivity index (χ4n) is 2.60. The van der Waals surface area contributed by atoms with Crippen LogP contribution in [0.15, 0.2) is 24.4 Å². The summed E-state index contributed by atoms with van der Waals surface area (Å²) < 4.78 is 10.3. The zero-order chi connectivity index (χ0) is 17.7. The predicted octanol–water partition coefficient (Wildman–Crippen LogP) is 1.85. The molecule has 1 fully saturated rings. The zero-order valence-corrected chi connectivity index (χ0v) is 14.7. The van der Waals surface area contributed by atoms with Gasteiger partial charge in [0.2, 0.25) is 0 Å². The quantitative estimate of drug-likeness (QED) is 0.785. The van der Waals surface area contributed by atoms with Gasteiger partial charge in [0, 0.05) is 32.4 Å². The average Bonchev–Trinajstić information content (AvgIpc) is 2.55. The van der Waals surface area contributed by atoms with E-state index >= 15 is 0 Å². The van der Waals surface area contributed by atoms with Gasteiger partial charge in [-0.05, 0) is 32.9 Å². The summed E-state index contributed by atoms with van der Waals surface area (Å²) >= 11 is 0. The number of esters is 1. The van der Waals surface area contributed by atoms with E-state index in [9.17, 15) is 9.59 Å². The number of methoxy groups -OCH3 is 1. The van der Waals surface area contributed by atoms with Crippen molar-refractivity contribution in [1.29, 1.82) is 0 Å². The summed E-state index contributed by atoms with van der Waals surface area (Å²) in [5.74, 6) is -0.348. The van der Waals surface area contributed by atoms with Crippen LogP contribution >= 0.6 is 0 Å². The second kappa shape index (κ2) is 7.61. The van der Waals surface area contributed by atoms with Gasteiger partial charge in [0.15, 0.2) is 6.04 Å². The Bertz CT molecular complexity index is 563. The first-order valence-electron chi connectivity index (χ1n) is 8.02. The Balaban J connectivity index is 2.03. The fourth-order valence-corrected chi connectivity index (χ4v) is 2.60. The topological polar surface area (TPSA) is 72.0 Å². The van der Waals surface area contributed by atoms with Crippen LogP contribution in [-0.2, 0) is 14.3 Å². The number of nitrogens with zero attached hydrogens (tertiary/aromatic N) is 3. The van der Waals surface area contributed by atoms with Crippen LogP contribution in [-0.4, -0.2) is 65.7 Å². The summed E-state index contributed by atoms with van der Waals surface area (Å²) in [6.07, 6.45) is 1.33. The van der Waals surface area contributed by atoms with Crippen LogP contribution in [0.2, 0.25) is 0 Å². The number of aromatic nitrogens is 1. The first kappa shape index (κ1) is 18.2.